The SMILES string of the molecule is COc1ccc(C=CCC#N)cc1/C=C/C(=O)O. The molecule has 92 valence electrons. The lowest BCUT2D eigenvalue weighted by Gasteiger charge is -2.05. The van der Waals surface area contributed by atoms with Crippen molar-refractivity contribution in [3.8, 4) is 11.8 Å². The Morgan fingerprint density at radius 2 is 2.28 bits per heavy atom. The van der Waals surface area contributed by atoms with Gasteiger partial charge in [-0.1, -0.05) is 18.2 Å². The average Bonchev–Trinajstić information content (AvgIpc) is 2.37. The molecular formula is C14H13NO3. The van der Waals surface area contributed by atoms with E-state index < -0.39 is 5.97 Å². The third kappa shape index (κ3) is 4.14. The maximum absolute atomic E-state index is 10.5. The summed E-state index contributed by atoms with van der Waals surface area (Å²) in [7, 11) is 1.53. The fourth-order valence-corrected chi connectivity index (χ4v) is 1.40. The van der Waals surface area contributed by atoms with E-state index in [-0.39, 0.29) is 0 Å². The van der Waals surface area contributed by atoms with Crippen LogP contribution in [0, 0.1) is 11.3 Å². The highest BCUT2D eigenvalue weighted by atomic mass is 16.5. The van der Waals surface area contributed by atoms with Crippen molar-refractivity contribution in [3.05, 3.63) is 41.5 Å². The first kappa shape index (κ1) is 13.5. The highest BCUT2D eigenvalue weighted by molar-refractivity contribution is 5.86. The van der Waals surface area contributed by atoms with Crippen molar-refractivity contribution < 1.29 is 14.6 Å². The van der Waals surface area contributed by atoms with Crippen molar-refractivity contribution in [2.75, 3.05) is 7.11 Å². The molecule has 1 N–H and O–H groups in total. The van der Waals surface area contributed by atoms with E-state index in [4.69, 9.17) is 15.1 Å². The van der Waals surface area contributed by atoms with Crippen molar-refractivity contribution in [1.82, 2.24) is 0 Å². The van der Waals surface area contributed by atoms with E-state index in [1.165, 1.54) is 13.2 Å². The first-order valence-electron chi connectivity index (χ1n) is 5.30. The average molecular weight is 243 g/mol. The number of hydrogen-bond acceptors (Lipinski definition) is 3. The molecule has 0 fully saturated rings. The predicted molar refractivity (Wildman–Crippen MR) is 68.9 cm³/mol. The zero-order chi connectivity index (χ0) is 13.4. The van der Waals surface area contributed by atoms with Gasteiger partial charge in [0.05, 0.1) is 19.6 Å². The number of nitrogens with zero attached hydrogens (tertiary/aromatic N) is 1. The molecule has 4 nitrogen and oxygen atoms in total. The van der Waals surface area contributed by atoms with Gasteiger partial charge in [0.2, 0.25) is 0 Å². The van der Waals surface area contributed by atoms with Crippen LogP contribution in [0.3, 0.4) is 0 Å². The summed E-state index contributed by atoms with van der Waals surface area (Å²) < 4.78 is 5.14. The van der Waals surface area contributed by atoms with Crippen LogP contribution in [0.4, 0.5) is 0 Å². The highest BCUT2D eigenvalue weighted by Gasteiger charge is 2.00. The number of ether oxygens (including phenoxy) is 1. The summed E-state index contributed by atoms with van der Waals surface area (Å²) in [5.74, 6) is -0.410. The molecule has 0 aliphatic rings. The van der Waals surface area contributed by atoms with Gasteiger partial charge in [-0.25, -0.2) is 4.79 Å². The topological polar surface area (TPSA) is 70.3 Å². The Labute approximate surface area is 105 Å². The number of carbonyl (C=O) groups is 1. The maximum Gasteiger partial charge on any atom is 0.328 e. The van der Waals surface area contributed by atoms with Crippen LogP contribution in [0.2, 0.25) is 0 Å². The maximum atomic E-state index is 10.5. The summed E-state index contributed by atoms with van der Waals surface area (Å²) in [6.07, 6.45) is 6.42. The second kappa shape index (κ2) is 6.92. The van der Waals surface area contributed by atoms with Crippen LogP contribution in [-0.4, -0.2) is 18.2 Å². The van der Waals surface area contributed by atoms with Gasteiger partial charge in [0, 0.05) is 11.6 Å². The summed E-state index contributed by atoms with van der Waals surface area (Å²) in [6.45, 7) is 0. The number of methoxy groups -OCH3 is 1. The van der Waals surface area contributed by atoms with Crippen LogP contribution in [0.25, 0.3) is 12.2 Å². The van der Waals surface area contributed by atoms with Crippen molar-refractivity contribution in [2.45, 2.75) is 6.42 Å². The largest absolute Gasteiger partial charge is 0.496 e. The summed E-state index contributed by atoms with van der Waals surface area (Å²) in [4.78, 5) is 10.5. The number of aliphatic carboxylic acids is 1. The number of carboxylic acids is 1. The van der Waals surface area contributed by atoms with Crippen LogP contribution in [-0.2, 0) is 4.79 Å². The normalized spacial score (nSPS) is 10.7. The number of hydrogen-bond donors (Lipinski definition) is 1. The Morgan fingerprint density at radius 1 is 1.50 bits per heavy atom. The van der Waals surface area contributed by atoms with E-state index in [0.29, 0.717) is 17.7 Å². The first-order chi connectivity index (χ1) is 8.67. The van der Waals surface area contributed by atoms with Gasteiger partial charge in [0.1, 0.15) is 5.75 Å². The van der Waals surface area contributed by atoms with Crippen molar-refractivity contribution in [2.24, 2.45) is 0 Å². The van der Waals surface area contributed by atoms with Crippen LogP contribution in [0.1, 0.15) is 17.5 Å². The molecule has 0 spiro atoms. The molecule has 0 aliphatic heterocycles. The molecule has 0 aromatic heterocycles. The number of benzene rings is 1. The minimum absolute atomic E-state index is 0.340. The minimum Gasteiger partial charge on any atom is -0.496 e. The van der Waals surface area contributed by atoms with Gasteiger partial charge in [-0.3, -0.25) is 0 Å². The highest BCUT2D eigenvalue weighted by Crippen LogP contribution is 2.22. The van der Waals surface area contributed by atoms with Crippen molar-refractivity contribution in [1.29, 1.82) is 5.26 Å². The number of allylic oxidation sites excluding steroid dienone is 1. The Hall–Kier alpha value is -2.54. The van der Waals surface area contributed by atoms with Crippen molar-refractivity contribution >= 4 is 18.1 Å². The Balaban J connectivity index is 3.02. The molecule has 1 aromatic carbocycles. The molecule has 1 rings (SSSR count). The lowest BCUT2D eigenvalue weighted by molar-refractivity contribution is -0.131. The van der Waals surface area contributed by atoms with E-state index >= 15 is 0 Å². The molecule has 0 bridgehead atoms. The van der Waals surface area contributed by atoms with Gasteiger partial charge >= 0.3 is 5.97 Å². The van der Waals surface area contributed by atoms with E-state index in [2.05, 4.69) is 0 Å². The molecule has 18 heavy (non-hydrogen) atoms. The van der Waals surface area contributed by atoms with Gasteiger partial charge in [0.15, 0.2) is 0 Å². The third-order valence-electron chi connectivity index (χ3n) is 2.18. The molecule has 0 unspecified atom stereocenters. The smallest absolute Gasteiger partial charge is 0.328 e. The van der Waals surface area contributed by atoms with E-state index in [1.807, 2.05) is 12.1 Å². The van der Waals surface area contributed by atoms with Gasteiger partial charge in [-0.05, 0) is 23.8 Å². The van der Waals surface area contributed by atoms with Gasteiger partial charge in [-0.15, -0.1) is 0 Å². The molecular weight excluding hydrogens is 230 g/mol. The van der Waals surface area contributed by atoms with Crippen LogP contribution < -0.4 is 4.74 Å². The summed E-state index contributed by atoms with van der Waals surface area (Å²) in [6, 6.07) is 7.41. The molecule has 1 aromatic rings. The molecule has 0 aliphatic carbocycles. The van der Waals surface area contributed by atoms with E-state index in [0.717, 1.165) is 11.6 Å². The van der Waals surface area contributed by atoms with Gasteiger partial charge in [-0.2, -0.15) is 5.26 Å². The third-order valence-corrected chi connectivity index (χ3v) is 2.18. The molecule has 0 saturated heterocycles. The quantitative estimate of drug-likeness (QED) is 0.807. The standard InChI is InChI=1S/C14H13NO3/c1-18-13-7-5-11(4-2-3-9-15)10-12(13)6-8-14(16)17/h2,4-8,10H,3H2,1H3,(H,16,17)/b4-2?,8-6+. The van der Waals surface area contributed by atoms with E-state index in [9.17, 15) is 4.79 Å². The Morgan fingerprint density at radius 3 is 2.89 bits per heavy atom. The summed E-state index contributed by atoms with van der Waals surface area (Å²) >= 11 is 0. The van der Waals surface area contributed by atoms with E-state index in [1.54, 1.807) is 24.3 Å². The number of carboxylic acid groups (broad SMARTS) is 1. The molecule has 0 amide bonds. The number of rotatable bonds is 5. The van der Waals surface area contributed by atoms with Gasteiger partial charge in [0.25, 0.3) is 0 Å². The summed E-state index contributed by atoms with van der Waals surface area (Å²) in [5, 5.41) is 17.0. The lowest BCUT2D eigenvalue weighted by Crippen LogP contribution is -1.90. The second-order valence-corrected chi connectivity index (χ2v) is 3.44. The first-order valence-corrected chi connectivity index (χ1v) is 5.30. The number of nitriles is 1. The molecule has 0 atom stereocenters. The second-order valence-electron chi connectivity index (χ2n) is 3.44. The molecule has 0 radical (unpaired) electrons. The minimum atomic E-state index is -1.01. The van der Waals surface area contributed by atoms with Crippen LogP contribution in [0.5, 0.6) is 5.75 Å². The Kier molecular flexibility index (Phi) is 5.20. The van der Waals surface area contributed by atoms with Crippen LogP contribution >= 0.6 is 0 Å². The predicted octanol–water partition coefficient (Wildman–Crippen LogP) is 2.72. The fraction of sp³-hybridized carbons (Fsp3) is 0.143. The lowest BCUT2D eigenvalue weighted by atomic mass is 10.1. The van der Waals surface area contributed by atoms with Crippen LogP contribution in [0.15, 0.2) is 30.4 Å². The molecule has 0 saturated carbocycles. The zero-order valence-corrected chi connectivity index (χ0v) is 9.96. The zero-order valence-electron chi connectivity index (χ0n) is 9.96. The molecule has 4 heteroatoms. The summed E-state index contributed by atoms with van der Waals surface area (Å²) in [5.41, 5.74) is 1.56. The Bertz CT molecular complexity index is 524. The van der Waals surface area contributed by atoms with Gasteiger partial charge < -0.3 is 9.84 Å². The molecule has 0 heterocycles. The monoisotopic (exact) mass is 243 g/mol. The fourth-order valence-electron chi connectivity index (χ4n) is 1.40. The van der Waals surface area contributed by atoms with Crippen molar-refractivity contribution in [3.63, 3.8) is 0 Å².